The number of aromatic nitrogens is 3. The maximum atomic E-state index is 11.5. The molecule has 2 aromatic heterocycles. The van der Waals surface area contributed by atoms with Crippen LogP contribution in [0.5, 0.6) is 0 Å². The van der Waals surface area contributed by atoms with E-state index in [1.807, 2.05) is 42.7 Å². The summed E-state index contributed by atoms with van der Waals surface area (Å²) in [6, 6.07) is 22.7. The second-order valence-electron chi connectivity index (χ2n) is 7.58. The maximum Gasteiger partial charge on any atom is 0.219 e. The standard InChI is InChI=1S/C26H27N5O/c1-27-25(32)12-6-9-23-19-31(24-10-3-2-4-11-24)26(30-23)29-18-20-7-5-8-22(17-20)21-13-15-28-16-14-21/h2-5,7-8,10-11,13-17,19H,6,9,12,18H2,1H3,(H,27,32)(H,29,30). The van der Waals surface area contributed by atoms with E-state index in [1.54, 1.807) is 7.05 Å². The van der Waals surface area contributed by atoms with Crippen molar-refractivity contribution >= 4 is 11.9 Å². The van der Waals surface area contributed by atoms with Gasteiger partial charge in [0, 0.05) is 44.3 Å². The molecule has 2 heterocycles. The summed E-state index contributed by atoms with van der Waals surface area (Å²) in [5.74, 6) is 0.848. The number of carbonyl (C=O) groups excluding carboxylic acids is 1. The SMILES string of the molecule is CNC(=O)CCCc1cn(-c2ccccc2)c(NCc2cccc(-c3ccncc3)c2)n1. The second kappa shape index (κ2) is 10.4. The normalized spacial score (nSPS) is 10.7. The summed E-state index contributed by atoms with van der Waals surface area (Å²) in [7, 11) is 1.66. The first-order valence-corrected chi connectivity index (χ1v) is 10.8. The van der Waals surface area contributed by atoms with Gasteiger partial charge in [-0.15, -0.1) is 0 Å². The monoisotopic (exact) mass is 425 g/mol. The summed E-state index contributed by atoms with van der Waals surface area (Å²) < 4.78 is 2.07. The minimum absolute atomic E-state index is 0.0555. The van der Waals surface area contributed by atoms with Crippen LogP contribution in [0.15, 0.2) is 85.3 Å². The van der Waals surface area contributed by atoms with Crippen LogP contribution in [0.1, 0.15) is 24.1 Å². The molecule has 0 unspecified atom stereocenters. The third-order valence-corrected chi connectivity index (χ3v) is 5.30. The molecule has 0 aliphatic rings. The van der Waals surface area contributed by atoms with Gasteiger partial charge in [-0.2, -0.15) is 0 Å². The first-order valence-electron chi connectivity index (χ1n) is 10.8. The third-order valence-electron chi connectivity index (χ3n) is 5.30. The van der Waals surface area contributed by atoms with E-state index in [-0.39, 0.29) is 5.91 Å². The molecule has 0 radical (unpaired) electrons. The van der Waals surface area contributed by atoms with Gasteiger partial charge in [0.15, 0.2) is 0 Å². The number of para-hydroxylation sites is 1. The van der Waals surface area contributed by atoms with Crippen LogP contribution in [0.25, 0.3) is 16.8 Å². The predicted molar refractivity (Wildman–Crippen MR) is 128 cm³/mol. The highest BCUT2D eigenvalue weighted by atomic mass is 16.1. The zero-order chi connectivity index (χ0) is 22.2. The fraction of sp³-hybridized carbons (Fsp3) is 0.192. The number of nitrogens with one attached hydrogen (secondary N) is 2. The Morgan fingerprint density at radius 2 is 1.78 bits per heavy atom. The van der Waals surface area contributed by atoms with Crippen molar-refractivity contribution < 1.29 is 4.79 Å². The molecule has 0 saturated heterocycles. The third kappa shape index (κ3) is 5.40. The molecule has 0 bridgehead atoms. The Hall–Kier alpha value is -3.93. The Kier molecular flexibility index (Phi) is 6.92. The molecule has 162 valence electrons. The Balaban J connectivity index is 1.51. The smallest absolute Gasteiger partial charge is 0.219 e. The Morgan fingerprint density at radius 3 is 2.56 bits per heavy atom. The van der Waals surface area contributed by atoms with Crippen LogP contribution in [-0.4, -0.2) is 27.5 Å². The van der Waals surface area contributed by atoms with Gasteiger partial charge >= 0.3 is 0 Å². The van der Waals surface area contributed by atoms with Gasteiger partial charge in [0.25, 0.3) is 0 Å². The number of rotatable bonds is 9. The molecule has 6 heteroatoms. The average Bonchev–Trinajstić information content (AvgIpc) is 3.27. The van der Waals surface area contributed by atoms with Crippen molar-refractivity contribution in [2.24, 2.45) is 0 Å². The Morgan fingerprint density at radius 1 is 0.969 bits per heavy atom. The van der Waals surface area contributed by atoms with Gasteiger partial charge < -0.3 is 10.6 Å². The zero-order valence-electron chi connectivity index (χ0n) is 18.2. The summed E-state index contributed by atoms with van der Waals surface area (Å²) in [4.78, 5) is 20.4. The Bertz CT molecular complexity index is 1160. The summed E-state index contributed by atoms with van der Waals surface area (Å²) >= 11 is 0. The minimum Gasteiger partial charge on any atom is -0.359 e. The lowest BCUT2D eigenvalue weighted by atomic mass is 10.0. The number of amides is 1. The first kappa shape index (κ1) is 21.3. The predicted octanol–water partition coefficient (Wildman–Crippen LogP) is 4.62. The van der Waals surface area contributed by atoms with Crippen LogP contribution in [0.2, 0.25) is 0 Å². The van der Waals surface area contributed by atoms with Gasteiger partial charge in [-0.25, -0.2) is 4.98 Å². The molecule has 4 aromatic rings. The van der Waals surface area contributed by atoms with Crippen molar-refractivity contribution in [2.45, 2.75) is 25.8 Å². The van der Waals surface area contributed by atoms with Crippen molar-refractivity contribution in [3.63, 3.8) is 0 Å². The van der Waals surface area contributed by atoms with Crippen LogP contribution >= 0.6 is 0 Å². The molecule has 6 nitrogen and oxygen atoms in total. The number of hydrogen-bond acceptors (Lipinski definition) is 4. The van der Waals surface area contributed by atoms with Gasteiger partial charge in [-0.3, -0.25) is 14.3 Å². The highest BCUT2D eigenvalue weighted by Crippen LogP contribution is 2.22. The van der Waals surface area contributed by atoms with Gasteiger partial charge in [-0.1, -0.05) is 36.4 Å². The first-order chi connectivity index (χ1) is 15.7. The van der Waals surface area contributed by atoms with E-state index >= 15 is 0 Å². The number of anilines is 1. The van der Waals surface area contributed by atoms with E-state index in [4.69, 9.17) is 4.98 Å². The van der Waals surface area contributed by atoms with Crippen LogP contribution in [0.3, 0.4) is 0 Å². The Labute approximate surface area is 188 Å². The number of aryl methyl sites for hydroxylation is 1. The molecular weight excluding hydrogens is 398 g/mol. The van der Waals surface area contributed by atoms with Crippen molar-refractivity contribution in [3.8, 4) is 16.8 Å². The molecule has 32 heavy (non-hydrogen) atoms. The molecule has 1 amide bonds. The van der Waals surface area contributed by atoms with E-state index in [2.05, 4.69) is 62.8 Å². The zero-order valence-corrected chi connectivity index (χ0v) is 18.2. The number of pyridine rings is 1. The van der Waals surface area contributed by atoms with Crippen molar-refractivity contribution in [2.75, 3.05) is 12.4 Å². The van der Waals surface area contributed by atoms with E-state index in [0.29, 0.717) is 13.0 Å². The molecular formula is C26H27N5O. The van der Waals surface area contributed by atoms with Gasteiger partial charge in [-0.05, 0) is 59.9 Å². The topological polar surface area (TPSA) is 71.8 Å². The number of imidazole rings is 1. The molecule has 4 rings (SSSR count). The number of benzene rings is 2. The number of carbonyl (C=O) groups is 1. The minimum atomic E-state index is 0.0555. The quantitative estimate of drug-likeness (QED) is 0.411. The van der Waals surface area contributed by atoms with Gasteiger partial charge in [0.2, 0.25) is 11.9 Å². The summed E-state index contributed by atoms with van der Waals surface area (Å²) in [5, 5.41) is 6.17. The highest BCUT2D eigenvalue weighted by Gasteiger charge is 2.11. The molecule has 0 fully saturated rings. The van der Waals surface area contributed by atoms with Crippen LogP contribution < -0.4 is 10.6 Å². The lowest BCUT2D eigenvalue weighted by Gasteiger charge is -2.11. The van der Waals surface area contributed by atoms with Gasteiger partial charge in [0.05, 0.1) is 5.69 Å². The molecule has 2 N–H and O–H groups in total. The van der Waals surface area contributed by atoms with Crippen molar-refractivity contribution in [3.05, 3.63) is 96.6 Å². The lowest BCUT2D eigenvalue weighted by molar-refractivity contribution is -0.120. The van der Waals surface area contributed by atoms with Crippen LogP contribution in [0, 0.1) is 0 Å². The average molecular weight is 426 g/mol. The van der Waals surface area contributed by atoms with Crippen LogP contribution in [0.4, 0.5) is 5.95 Å². The van der Waals surface area contributed by atoms with Crippen LogP contribution in [-0.2, 0) is 17.8 Å². The maximum absolute atomic E-state index is 11.5. The van der Waals surface area contributed by atoms with Crippen molar-refractivity contribution in [1.82, 2.24) is 19.9 Å². The molecule has 2 aromatic carbocycles. The molecule has 0 aliphatic heterocycles. The molecule has 0 saturated carbocycles. The van der Waals surface area contributed by atoms with E-state index in [1.165, 1.54) is 5.56 Å². The van der Waals surface area contributed by atoms with Gasteiger partial charge in [0.1, 0.15) is 0 Å². The summed E-state index contributed by atoms with van der Waals surface area (Å²) in [6.45, 7) is 0.653. The number of nitrogens with zero attached hydrogens (tertiary/aromatic N) is 3. The highest BCUT2D eigenvalue weighted by molar-refractivity contribution is 5.75. The largest absolute Gasteiger partial charge is 0.359 e. The van der Waals surface area contributed by atoms with Crippen molar-refractivity contribution in [1.29, 1.82) is 0 Å². The molecule has 0 atom stereocenters. The van der Waals surface area contributed by atoms with E-state index in [0.717, 1.165) is 41.3 Å². The fourth-order valence-corrected chi connectivity index (χ4v) is 3.60. The van der Waals surface area contributed by atoms with E-state index in [9.17, 15) is 4.79 Å². The molecule has 0 aliphatic carbocycles. The fourth-order valence-electron chi connectivity index (χ4n) is 3.60. The van der Waals surface area contributed by atoms with E-state index < -0.39 is 0 Å². The summed E-state index contributed by atoms with van der Waals surface area (Å²) in [6.07, 6.45) is 7.68. The number of hydrogen-bond donors (Lipinski definition) is 2. The summed E-state index contributed by atoms with van der Waals surface area (Å²) in [5.41, 5.74) is 5.48. The second-order valence-corrected chi connectivity index (χ2v) is 7.58. The lowest BCUT2D eigenvalue weighted by Crippen LogP contribution is -2.17. The molecule has 0 spiro atoms.